The van der Waals surface area contributed by atoms with Crippen LogP contribution in [-0.2, 0) is 6.42 Å². The molecule has 0 saturated carbocycles. The van der Waals surface area contributed by atoms with Crippen LogP contribution in [0.4, 0.5) is 0 Å². The van der Waals surface area contributed by atoms with Gasteiger partial charge >= 0.3 is 0 Å². The highest BCUT2D eigenvalue weighted by Crippen LogP contribution is 2.22. The van der Waals surface area contributed by atoms with Crippen LogP contribution in [0, 0.1) is 0 Å². The Kier molecular flexibility index (Phi) is 7.42. The predicted molar refractivity (Wildman–Crippen MR) is 111 cm³/mol. The number of pyridine rings is 1. The van der Waals surface area contributed by atoms with Gasteiger partial charge in [0.1, 0.15) is 5.75 Å². The highest BCUT2D eigenvalue weighted by Gasteiger charge is 2.13. The van der Waals surface area contributed by atoms with E-state index in [2.05, 4.69) is 29.4 Å². The fourth-order valence-corrected chi connectivity index (χ4v) is 3.11. The van der Waals surface area contributed by atoms with Crippen molar-refractivity contribution < 1.29 is 9.84 Å². The summed E-state index contributed by atoms with van der Waals surface area (Å²) >= 11 is 0. The monoisotopic (exact) mass is 388 g/mol. The number of hydrogen-bond donors (Lipinski definition) is 3. The molecule has 5 nitrogen and oxygen atoms in total. The molecule has 6 heteroatoms. The number of halogens is 1. The van der Waals surface area contributed by atoms with Crippen molar-refractivity contribution in [3.63, 3.8) is 0 Å². The van der Waals surface area contributed by atoms with Crippen molar-refractivity contribution >= 4 is 23.3 Å². The first-order valence-electron chi connectivity index (χ1n) is 8.73. The van der Waals surface area contributed by atoms with Crippen molar-refractivity contribution in [1.82, 2.24) is 10.3 Å². The second-order valence-corrected chi connectivity index (χ2v) is 6.51. The summed E-state index contributed by atoms with van der Waals surface area (Å²) in [6.45, 7) is 2.53. The number of ether oxygens (including phenoxy) is 1. The topological polar surface area (TPSA) is 74.3 Å². The quantitative estimate of drug-likeness (QED) is 0.581. The molecule has 0 radical (unpaired) electrons. The normalized spacial score (nSPS) is 13.0. The first-order chi connectivity index (χ1) is 12.6. The van der Waals surface area contributed by atoms with Crippen LogP contribution in [0.2, 0.25) is 0 Å². The molecule has 0 aliphatic rings. The molecule has 1 aromatic heterocycles. The maximum absolute atomic E-state index is 11.5. The Hall–Kier alpha value is -2.34. The Bertz CT molecular complexity index is 925. The second kappa shape index (κ2) is 9.55. The summed E-state index contributed by atoms with van der Waals surface area (Å²) in [4.78, 5) is 14.2. The number of aromatic nitrogens is 1. The van der Waals surface area contributed by atoms with E-state index in [0.717, 1.165) is 28.6 Å². The van der Waals surface area contributed by atoms with Gasteiger partial charge in [0, 0.05) is 29.6 Å². The van der Waals surface area contributed by atoms with Crippen molar-refractivity contribution in [2.75, 3.05) is 13.7 Å². The van der Waals surface area contributed by atoms with Crippen molar-refractivity contribution in [3.8, 4) is 5.75 Å². The first-order valence-corrected chi connectivity index (χ1v) is 8.73. The van der Waals surface area contributed by atoms with Gasteiger partial charge in [-0.05, 0) is 48.7 Å². The van der Waals surface area contributed by atoms with E-state index in [9.17, 15) is 9.90 Å². The lowest BCUT2D eigenvalue weighted by atomic mass is 10.0. The summed E-state index contributed by atoms with van der Waals surface area (Å²) < 4.78 is 5.17. The van der Waals surface area contributed by atoms with Gasteiger partial charge in [-0.3, -0.25) is 4.79 Å². The maximum Gasteiger partial charge on any atom is 0.248 e. The number of aliphatic hydroxyl groups is 1. The third-order valence-electron chi connectivity index (χ3n) is 4.52. The summed E-state index contributed by atoms with van der Waals surface area (Å²) in [7, 11) is 1.66. The van der Waals surface area contributed by atoms with Gasteiger partial charge in [0.25, 0.3) is 0 Å². The summed E-state index contributed by atoms with van der Waals surface area (Å²) in [5.74, 6) is 0.846. The zero-order valence-corrected chi connectivity index (χ0v) is 16.3. The zero-order valence-electron chi connectivity index (χ0n) is 15.4. The number of rotatable bonds is 7. The van der Waals surface area contributed by atoms with Crippen LogP contribution in [0.1, 0.15) is 24.2 Å². The highest BCUT2D eigenvalue weighted by atomic mass is 35.5. The van der Waals surface area contributed by atoms with Crippen molar-refractivity contribution in [2.45, 2.75) is 25.5 Å². The highest BCUT2D eigenvalue weighted by molar-refractivity contribution is 5.85. The van der Waals surface area contributed by atoms with E-state index in [4.69, 9.17) is 4.74 Å². The lowest BCUT2D eigenvalue weighted by Crippen LogP contribution is -2.32. The molecule has 0 unspecified atom stereocenters. The molecular formula is C21H25ClN2O3. The van der Waals surface area contributed by atoms with Crippen LogP contribution in [0.3, 0.4) is 0 Å². The molecular weight excluding hydrogens is 364 g/mol. The molecule has 0 aliphatic heterocycles. The van der Waals surface area contributed by atoms with Crippen LogP contribution in [0.25, 0.3) is 10.9 Å². The van der Waals surface area contributed by atoms with Gasteiger partial charge in [0.15, 0.2) is 0 Å². The van der Waals surface area contributed by atoms with E-state index in [1.165, 1.54) is 11.6 Å². The molecule has 1 heterocycles. The Morgan fingerprint density at radius 1 is 1.11 bits per heavy atom. The van der Waals surface area contributed by atoms with E-state index >= 15 is 0 Å². The lowest BCUT2D eigenvalue weighted by molar-refractivity contribution is 0.172. The smallest absolute Gasteiger partial charge is 0.248 e. The Morgan fingerprint density at radius 3 is 2.56 bits per heavy atom. The van der Waals surface area contributed by atoms with Gasteiger partial charge in [0.2, 0.25) is 5.56 Å². The van der Waals surface area contributed by atoms with Crippen LogP contribution in [0.5, 0.6) is 5.75 Å². The number of aliphatic hydroxyl groups excluding tert-OH is 1. The minimum atomic E-state index is -0.650. The molecule has 0 spiro atoms. The molecule has 0 saturated heterocycles. The maximum atomic E-state index is 11.5. The predicted octanol–water partition coefficient (Wildman–Crippen LogP) is 3.21. The molecule has 0 amide bonds. The van der Waals surface area contributed by atoms with Crippen LogP contribution >= 0.6 is 12.4 Å². The number of benzene rings is 2. The van der Waals surface area contributed by atoms with E-state index in [-0.39, 0.29) is 24.0 Å². The molecule has 3 N–H and O–H groups in total. The molecule has 2 aromatic carbocycles. The Labute approximate surface area is 164 Å². The third kappa shape index (κ3) is 5.32. The number of hydrogen-bond acceptors (Lipinski definition) is 4. The molecule has 0 bridgehead atoms. The van der Waals surface area contributed by atoms with Gasteiger partial charge in [-0.2, -0.15) is 0 Å². The number of methoxy groups -OCH3 is 1. The fourth-order valence-electron chi connectivity index (χ4n) is 3.11. The van der Waals surface area contributed by atoms with Crippen molar-refractivity contribution in [2.24, 2.45) is 0 Å². The molecule has 27 heavy (non-hydrogen) atoms. The SMILES string of the molecule is COc1ccc(C[C@@H](C)NC[C@H](O)c2cccc3[nH]c(=O)ccc23)cc1.Cl. The van der Waals surface area contributed by atoms with Crippen LogP contribution < -0.4 is 15.6 Å². The molecule has 3 rings (SSSR count). The minimum Gasteiger partial charge on any atom is -0.497 e. The lowest BCUT2D eigenvalue weighted by Gasteiger charge is -2.19. The average molecular weight is 389 g/mol. The molecule has 144 valence electrons. The molecule has 2 atom stereocenters. The molecule has 3 aromatic rings. The summed E-state index contributed by atoms with van der Waals surface area (Å²) in [6, 6.07) is 17.0. The minimum absolute atomic E-state index is 0. The van der Waals surface area contributed by atoms with E-state index in [0.29, 0.717) is 6.54 Å². The number of nitrogens with one attached hydrogen (secondary N) is 2. The Balaban J connectivity index is 0.00000261. The zero-order chi connectivity index (χ0) is 18.5. The van der Waals surface area contributed by atoms with Gasteiger partial charge in [-0.1, -0.05) is 24.3 Å². The van der Waals surface area contributed by atoms with E-state index in [1.54, 1.807) is 13.2 Å². The van der Waals surface area contributed by atoms with Gasteiger partial charge < -0.3 is 20.1 Å². The average Bonchev–Trinajstić information content (AvgIpc) is 2.66. The molecule has 0 fully saturated rings. The largest absolute Gasteiger partial charge is 0.497 e. The van der Waals surface area contributed by atoms with Gasteiger partial charge in [0.05, 0.1) is 13.2 Å². The van der Waals surface area contributed by atoms with Gasteiger partial charge in [-0.25, -0.2) is 0 Å². The summed E-state index contributed by atoms with van der Waals surface area (Å²) in [5.41, 5.74) is 2.61. The first kappa shape index (κ1) is 21.0. The number of fused-ring (bicyclic) bond motifs is 1. The summed E-state index contributed by atoms with van der Waals surface area (Å²) in [6.07, 6.45) is 0.211. The number of H-pyrrole nitrogens is 1. The Morgan fingerprint density at radius 2 is 1.85 bits per heavy atom. The summed E-state index contributed by atoms with van der Waals surface area (Å²) in [5, 5.41) is 14.8. The number of aromatic amines is 1. The fraction of sp³-hybridized carbons (Fsp3) is 0.286. The van der Waals surface area contributed by atoms with E-state index < -0.39 is 6.10 Å². The van der Waals surface area contributed by atoms with Crippen LogP contribution in [0.15, 0.2) is 59.4 Å². The molecule has 0 aliphatic carbocycles. The standard InChI is InChI=1S/C21H24N2O3.ClH/c1-14(12-15-6-8-16(26-2)9-7-15)22-13-20(24)18-4-3-5-19-17(18)10-11-21(25)23-19;/h3-11,14,20,22,24H,12-13H2,1-2H3,(H,23,25);1H/t14-,20+;/m1./s1. The van der Waals surface area contributed by atoms with Crippen molar-refractivity contribution in [1.29, 1.82) is 0 Å². The third-order valence-corrected chi connectivity index (χ3v) is 4.52. The van der Waals surface area contributed by atoms with Gasteiger partial charge in [-0.15, -0.1) is 12.4 Å². The van der Waals surface area contributed by atoms with Crippen molar-refractivity contribution in [3.05, 3.63) is 76.1 Å². The van der Waals surface area contributed by atoms with Crippen LogP contribution in [-0.4, -0.2) is 29.8 Å². The van der Waals surface area contributed by atoms with E-state index in [1.807, 2.05) is 30.3 Å². The second-order valence-electron chi connectivity index (χ2n) is 6.51.